The number of rotatable bonds is 5. The third-order valence-corrected chi connectivity index (χ3v) is 10.2. The topological polar surface area (TPSA) is 42.7 Å². The van der Waals surface area contributed by atoms with Gasteiger partial charge in [0.25, 0.3) is 0 Å². The van der Waals surface area contributed by atoms with Crippen LogP contribution in [0.1, 0.15) is 0 Å². The van der Waals surface area contributed by atoms with Crippen molar-refractivity contribution in [2.24, 2.45) is 0 Å². The normalized spacial score (nSPS) is 11.8. The smallest absolute Gasteiger partial charge is 0.159 e. The first kappa shape index (κ1) is 28.8. The van der Waals surface area contributed by atoms with E-state index in [2.05, 4.69) is 144 Å². The van der Waals surface area contributed by atoms with Crippen molar-refractivity contribution < 1.29 is 13.3 Å². The second kappa shape index (κ2) is 11.2. The molecule has 0 aliphatic heterocycles. The van der Waals surface area contributed by atoms with Gasteiger partial charge >= 0.3 is 0 Å². The molecule has 0 saturated heterocycles. The highest BCUT2D eigenvalue weighted by molar-refractivity contribution is 6.24. The van der Waals surface area contributed by atoms with E-state index in [9.17, 15) is 0 Å². The Morgan fingerprint density at radius 1 is 0.327 bits per heavy atom. The molecule has 244 valence electrons. The maximum absolute atomic E-state index is 7.19. The second-order valence-corrected chi connectivity index (χ2v) is 13.2. The average Bonchev–Trinajstić information content (AvgIpc) is 3.90. The van der Waals surface area contributed by atoms with Gasteiger partial charge in [-0.15, -0.1) is 0 Å². The maximum atomic E-state index is 7.19. The first-order valence-electron chi connectivity index (χ1n) is 17.5. The minimum Gasteiger partial charge on any atom is -0.456 e. The highest BCUT2D eigenvalue weighted by atomic mass is 16.3. The van der Waals surface area contributed by atoms with Gasteiger partial charge in [-0.2, -0.15) is 0 Å². The largest absolute Gasteiger partial charge is 0.456 e. The van der Waals surface area contributed by atoms with Gasteiger partial charge in [0.05, 0.1) is 11.4 Å². The summed E-state index contributed by atoms with van der Waals surface area (Å²) in [7, 11) is 0. The van der Waals surface area contributed by atoms with Crippen LogP contribution in [-0.4, -0.2) is 0 Å². The van der Waals surface area contributed by atoms with Crippen LogP contribution in [0, 0.1) is 0 Å². The molecule has 0 unspecified atom stereocenters. The summed E-state index contributed by atoms with van der Waals surface area (Å²) in [5.41, 5.74) is 12.2. The Kier molecular flexibility index (Phi) is 6.22. The molecule has 0 aliphatic rings. The quantitative estimate of drug-likeness (QED) is 0.183. The molecular formula is C48H29NO3. The zero-order valence-corrected chi connectivity index (χ0v) is 27.9. The first-order chi connectivity index (χ1) is 25.8. The molecule has 11 aromatic rings. The predicted molar refractivity (Wildman–Crippen MR) is 214 cm³/mol. The Balaban J connectivity index is 1.24. The summed E-state index contributed by atoms with van der Waals surface area (Å²) in [4.78, 5) is 2.28. The molecule has 0 fully saturated rings. The standard InChI is InChI=1S/C48H29NO3/c1-3-14-30(15-4-1)32-18-11-19-33(28-32)49(39-24-12-22-35-34-20-7-9-26-41(34)51-46(35)39)40-25-13-23-36-38-29-43-45(37-21-8-10-27-42(37)50-43)44(48(38)52-47(36)40)31-16-5-2-6-17-31/h1-29H. The van der Waals surface area contributed by atoms with E-state index in [0.29, 0.717) is 0 Å². The molecule has 4 nitrogen and oxygen atoms in total. The van der Waals surface area contributed by atoms with E-state index < -0.39 is 0 Å². The molecule has 3 heterocycles. The molecule has 11 rings (SSSR count). The summed E-state index contributed by atoms with van der Waals surface area (Å²) in [6.07, 6.45) is 0. The fraction of sp³-hybridized carbons (Fsp3) is 0. The van der Waals surface area contributed by atoms with Crippen LogP contribution in [0.25, 0.3) is 88.1 Å². The van der Waals surface area contributed by atoms with E-state index in [4.69, 9.17) is 13.3 Å². The molecule has 0 aliphatic carbocycles. The Labute approximate surface area is 298 Å². The van der Waals surface area contributed by atoms with Crippen LogP contribution in [0.4, 0.5) is 17.1 Å². The number of benzene rings is 8. The van der Waals surface area contributed by atoms with Crippen LogP contribution in [0.2, 0.25) is 0 Å². The molecule has 0 atom stereocenters. The molecule has 0 bridgehead atoms. The summed E-state index contributed by atoms with van der Waals surface area (Å²) in [6.45, 7) is 0. The SMILES string of the molecule is c1ccc(-c2cccc(N(c3cccc4c3oc3ccccc34)c3cccc4c3oc3c(-c5ccccc5)c5c(cc34)oc3ccccc35)c2)cc1. The number of para-hydroxylation sites is 4. The zero-order chi connectivity index (χ0) is 34.2. The molecule has 0 saturated carbocycles. The highest BCUT2D eigenvalue weighted by Gasteiger charge is 2.26. The first-order valence-corrected chi connectivity index (χ1v) is 17.5. The molecular weight excluding hydrogens is 639 g/mol. The minimum atomic E-state index is 0.782. The lowest BCUT2D eigenvalue weighted by molar-refractivity contribution is 0.664. The van der Waals surface area contributed by atoms with Gasteiger partial charge in [0, 0.05) is 43.6 Å². The van der Waals surface area contributed by atoms with Crippen molar-refractivity contribution in [3.8, 4) is 22.3 Å². The van der Waals surface area contributed by atoms with Crippen LogP contribution in [0.3, 0.4) is 0 Å². The van der Waals surface area contributed by atoms with Crippen LogP contribution >= 0.6 is 0 Å². The molecule has 52 heavy (non-hydrogen) atoms. The highest BCUT2D eigenvalue weighted by Crippen LogP contribution is 2.49. The van der Waals surface area contributed by atoms with Crippen molar-refractivity contribution >= 4 is 82.9 Å². The molecule has 0 spiro atoms. The Hall–Kier alpha value is -7.04. The maximum Gasteiger partial charge on any atom is 0.159 e. The van der Waals surface area contributed by atoms with Crippen molar-refractivity contribution in [1.29, 1.82) is 0 Å². The van der Waals surface area contributed by atoms with Crippen molar-refractivity contribution in [3.05, 3.63) is 176 Å². The number of fused-ring (bicyclic) bond motifs is 9. The van der Waals surface area contributed by atoms with Crippen LogP contribution in [0.15, 0.2) is 189 Å². The fourth-order valence-corrected chi connectivity index (χ4v) is 7.95. The van der Waals surface area contributed by atoms with Gasteiger partial charge in [0.1, 0.15) is 22.3 Å². The van der Waals surface area contributed by atoms with E-state index in [-0.39, 0.29) is 0 Å². The van der Waals surface area contributed by atoms with Gasteiger partial charge in [-0.1, -0.05) is 133 Å². The van der Waals surface area contributed by atoms with Gasteiger partial charge in [-0.05, 0) is 59.2 Å². The van der Waals surface area contributed by atoms with E-state index in [1.54, 1.807) is 0 Å². The third-order valence-electron chi connectivity index (χ3n) is 10.2. The van der Waals surface area contributed by atoms with E-state index in [1.807, 2.05) is 36.4 Å². The zero-order valence-electron chi connectivity index (χ0n) is 27.9. The van der Waals surface area contributed by atoms with Crippen molar-refractivity contribution in [1.82, 2.24) is 0 Å². The summed E-state index contributed by atoms with van der Waals surface area (Å²) in [5.74, 6) is 0. The van der Waals surface area contributed by atoms with Gasteiger partial charge in [0.2, 0.25) is 0 Å². The van der Waals surface area contributed by atoms with Crippen molar-refractivity contribution in [2.45, 2.75) is 0 Å². The minimum absolute atomic E-state index is 0.782. The number of anilines is 3. The predicted octanol–water partition coefficient (Wildman–Crippen LogP) is 14.2. The van der Waals surface area contributed by atoms with Gasteiger partial charge in [0.15, 0.2) is 11.2 Å². The van der Waals surface area contributed by atoms with Crippen molar-refractivity contribution in [3.63, 3.8) is 0 Å². The molecule has 3 aromatic heterocycles. The van der Waals surface area contributed by atoms with Crippen LogP contribution in [0.5, 0.6) is 0 Å². The summed E-state index contributed by atoms with van der Waals surface area (Å²) >= 11 is 0. The molecule has 8 aromatic carbocycles. The molecule has 4 heteroatoms. The number of furan rings is 3. The lowest BCUT2D eigenvalue weighted by atomic mass is 9.96. The summed E-state index contributed by atoms with van der Waals surface area (Å²) < 4.78 is 20.4. The Morgan fingerprint density at radius 2 is 0.885 bits per heavy atom. The van der Waals surface area contributed by atoms with E-state index in [0.717, 1.165) is 105 Å². The molecule has 0 N–H and O–H groups in total. The third kappa shape index (κ3) is 4.28. The Morgan fingerprint density at radius 3 is 1.63 bits per heavy atom. The summed E-state index contributed by atoms with van der Waals surface area (Å²) in [5, 5.41) is 6.27. The molecule has 0 radical (unpaired) electrons. The lowest BCUT2D eigenvalue weighted by Gasteiger charge is -2.26. The summed E-state index contributed by atoms with van der Waals surface area (Å²) in [6, 6.07) is 61.1. The number of hydrogen-bond acceptors (Lipinski definition) is 4. The number of nitrogens with zero attached hydrogens (tertiary/aromatic N) is 1. The second-order valence-electron chi connectivity index (χ2n) is 13.2. The van der Waals surface area contributed by atoms with Gasteiger partial charge in [-0.25, -0.2) is 0 Å². The van der Waals surface area contributed by atoms with E-state index in [1.165, 1.54) is 0 Å². The average molecular weight is 668 g/mol. The van der Waals surface area contributed by atoms with Gasteiger partial charge in [-0.3, -0.25) is 0 Å². The van der Waals surface area contributed by atoms with Crippen LogP contribution in [-0.2, 0) is 0 Å². The Bertz CT molecular complexity index is 3130. The van der Waals surface area contributed by atoms with Gasteiger partial charge < -0.3 is 18.2 Å². The van der Waals surface area contributed by atoms with Crippen molar-refractivity contribution in [2.75, 3.05) is 4.90 Å². The lowest BCUT2D eigenvalue weighted by Crippen LogP contribution is -2.10. The molecule has 0 amide bonds. The number of hydrogen-bond donors (Lipinski definition) is 0. The van der Waals surface area contributed by atoms with E-state index >= 15 is 0 Å². The fourth-order valence-electron chi connectivity index (χ4n) is 7.95. The monoisotopic (exact) mass is 667 g/mol. The van der Waals surface area contributed by atoms with Crippen LogP contribution < -0.4 is 4.90 Å².